The van der Waals surface area contributed by atoms with Crippen LogP contribution in [0.3, 0.4) is 0 Å². The van der Waals surface area contributed by atoms with Crippen molar-refractivity contribution in [3.05, 3.63) is 86.3 Å². The Bertz CT molecular complexity index is 1590. The van der Waals surface area contributed by atoms with E-state index in [0.717, 1.165) is 0 Å². The molecule has 43 heavy (non-hydrogen) atoms. The Labute approximate surface area is 250 Å². The molecule has 0 radical (unpaired) electrons. The summed E-state index contributed by atoms with van der Waals surface area (Å²) in [6.45, 7) is 3.48. The normalized spacial score (nSPS) is 15.5. The molecule has 0 saturated heterocycles. The van der Waals surface area contributed by atoms with Crippen molar-refractivity contribution in [1.82, 2.24) is 16.1 Å². The number of aliphatic hydroxyl groups is 1. The van der Waals surface area contributed by atoms with E-state index >= 15 is 0 Å². The molecule has 0 unspecified atom stereocenters. The van der Waals surface area contributed by atoms with Crippen LogP contribution < -0.4 is 25.5 Å². The van der Waals surface area contributed by atoms with Gasteiger partial charge >= 0.3 is 12.0 Å². The topological polar surface area (TPSA) is 187 Å². The van der Waals surface area contributed by atoms with E-state index in [1.54, 1.807) is 44.2 Å². The maximum atomic E-state index is 12.4. The molecule has 3 aromatic rings. The highest BCUT2D eigenvalue weighted by atomic mass is 35.5. The number of halogens is 1. The molecule has 226 valence electrons. The molecule has 15 heteroatoms. The van der Waals surface area contributed by atoms with E-state index in [4.69, 9.17) is 30.2 Å². The van der Waals surface area contributed by atoms with Gasteiger partial charge in [-0.1, -0.05) is 17.7 Å². The highest BCUT2D eigenvalue weighted by Gasteiger charge is 2.32. The maximum Gasteiger partial charge on any atom is 0.337 e. The number of esters is 1. The van der Waals surface area contributed by atoms with Crippen LogP contribution in [-0.2, 0) is 9.53 Å². The second-order valence-electron chi connectivity index (χ2n) is 9.04. The van der Waals surface area contributed by atoms with Crippen LogP contribution in [0, 0.1) is 10.1 Å². The number of amides is 2. The van der Waals surface area contributed by atoms with Crippen LogP contribution >= 0.6 is 11.6 Å². The largest absolute Gasteiger partial charge is 0.490 e. The number of urea groups is 1. The quantitative estimate of drug-likeness (QED) is 0.0763. The molecule has 4 rings (SSSR count). The van der Waals surface area contributed by atoms with Gasteiger partial charge in [0.15, 0.2) is 17.7 Å². The maximum absolute atomic E-state index is 12.4. The first-order chi connectivity index (χ1) is 20.6. The summed E-state index contributed by atoms with van der Waals surface area (Å²) >= 11 is 6.16. The summed E-state index contributed by atoms with van der Waals surface area (Å²) in [6.07, 6.45) is 0.109. The molecule has 1 aliphatic heterocycles. The molecular weight excluding hydrogens is 586 g/mol. The standard InChI is InChI=1S/C28H28ClN5O9/c1-4-41-23-11-16(26-25(27(36)40-3)15(2)31-28(37)32-26)5-9-22(23)42-14-24(35)33-30-13-18-7-10-21(43-18)19-8-6-17(34(38)39)12-20(19)29/h5-13,24,26,33,35H,4,14H2,1-3H3,(H2,31,32,37)/b30-13-/t24-,26+/m0/s1. The van der Waals surface area contributed by atoms with E-state index in [0.29, 0.717) is 46.5 Å². The predicted octanol–water partition coefficient (Wildman–Crippen LogP) is 4.03. The molecule has 2 heterocycles. The molecule has 0 fully saturated rings. The van der Waals surface area contributed by atoms with Crippen molar-refractivity contribution in [3.8, 4) is 22.8 Å². The number of carbonyl (C=O) groups is 2. The van der Waals surface area contributed by atoms with E-state index in [2.05, 4.69) is 21.2 Å². The number of nitro groups is 1. The van der Waals surface area contributed by atoms with E-state index in [-0.39, 0.29) is 22.9 Å². The fourth-order valence-corrected chi connectivity index (χ4v) is 4.46. The van der Waals surface area contributed by atoms with E-state index in [1.807, 2.05) is 0 Å². The first-order valence-corrected chi connectivity index (χ1v) is 13.3. The number of nitro benzene ring substituents is 1. The molecule has 2 atom stereocenters. The lowest BCUT2D eigenvalue weighted by Gasteiger charge is -2.28. The Morgan fingerprint density at radius 1 is 1.23 bits per heavy atom. The van der Waals surface area contributed by atoms with Crippen molar-refractivity contribution < 1.29 is 38.2 Å². The van der Waals surface area contributed by atoms with Crippen LogP contribution in [0.4, 0.5) is 10.5 Å². The number of methoxy groups -OCH3 is 1. The number of ether oxygens (including phenoxy) is 3. The molecule has 0 aliphatic carbocycles. The number of aliphatic hydroxyl groups excluding tert-OH is 1. The average molecular weight is 614 g/mol. The van der Waals surface area contributed by atoms with Gasteiger partial charge in [-0.25, -0.2) is 9.59 Å². The zero-order valence-electron chi connectivity index (χ0n) is 23.3. The van der Waals surface area contributed by atoms with Crippen molar-refractivity contribution in [1.29, 1.82) is 0 Å². The third-order valence-corrected chi connectivity index (χ3v) is 6.46. The third kappa shape index (κ3) is 7.42. The van der Waals surface area contributed by atoms with Crippen LogP contribution in [0.5, 0.6) is 11.5 Å². The summed E-state index contributed by atoms with van der Waals surface area (Å²) in [4.78, 5) is 34.9. The SMILES string of the molecule is CCOc1cc([C@H]2NC(=O)NC(C)=C2C(=O)OC)ccc1OC[C@H](O)N/N=C\c1ccc(-c2ccc([N+](=O)[O-])cc2Cl)o1. The first-order valence-electron chi connectivity index (χ1n) is 12.9. The number of hydrazone groups is 1. The minimum Gasteiger partial charge on any atom is -0.490 e. The zero-order valence-corrected chi connectivity index (χ0v) is 24.0. The average Bonchev–Trinajstić information content (AvgIpc) is 3.44. The van der Waals surface area contributed by atoms with Crippen molar-refractivity contribution in [2.45, 2.75) is 26.1 Å². The Morgan fingerprint density at radius 3 is 2.72 bits per heavy atom. The van der Waals surface area contributed by atoms with Gasteiger partial charge < -0.3 is 34.4 Å². The number of furan rings is 1. The zero-order chi connectivity index (χ0) is 31.1. The van der Waals surface area contributed by atoms with Gasteiger partial charge in [-0.05, 0) is 49.7 Å². The van der Waals surface area contributed by atoms with Gasteiger partial charge in [0.25, 0.3) is 5.69 Å². The number of non-ortho nitro benzene ring substituents is 1. The molecule has 14 nitrogen and oxygen atoms in total. The molecule has 0 spiro atoms. The predicted molar refractivity (Wildman–Crippen MR) is 155 cm³/mol. The van der Waals surface area contributed by atoms with Crippen LogP contribution in [-0.4, -0.2) is 54.8 Å². The molecule has 1 aliphatic rings. The molecule has 4 N–H and O–H groups in total. The van der Waals surface area contributed by atoms with Crippen molar-refractivity contribution in [2.24, 2.45) is 5.10 Å². The van der Waals surface area contributed by atoms with Crippen LogP contribution in [0.1, 0.15) is 31.2 Å². The molecule has 0 bridgehead atoms. The second kappa shape index (κ2) is 13.7. The van der Waals surface area contributed by atoms with Crippen molar-refractivity contribution >= 4 is 35.5 Å². The van der Waals surface area contributed by atoms with Crippen LogP contribution in [0.15, 0.2) is 69.3 Å². The molecular formula is C28H28ClN5O9. The lowest BCUT2D eigenvalue weighted by Crippen LogP contribution is -2.45. The highest BCUT2D eigenvalue weighted by Crippen LogP contribution is 2.35. The van der Waals surface area contributed by atoms with Gasteiger partial charge in [0.1, 0.15) is 18.1 Å². The first kappa shape index (κ1) is 30.9. The van der Waals surface area contributed by atoms with Crippen molar-refractivity contribution in [3.63, 3.8) is 0 Å². The molecule has 2 aromatic carbocycles. The molecule has 1 aromatic heterocycles. The summed E-state index contributed by atoms with van der Waals surface area (Å²) in [5, 5.41) is 30.6. The molecule has 0 saturated carbocycles. The highest BCUT2D eigenvalue weighted by molar-refractivity contribution is 6.33. The second-order valence-corrected chi connectivity index (χ2v) is 9.45. The fourth-order valence-electron chi connectivity index (χ4n) is 4.19. The molecule has 2 amide bonds. The number of carbonyl (C=O) groups excluding carboxylic acids is 2. The van der Waals surface area contributed by atoms with E-state index in [9.17, 15) is 24.8 Å². The summed E-state index contributed by atoms with van der Waals surface area (Å²) in [5.41, 5.74) is 4.02. The van der Waals surface area contributed by atoms with Crippen LogP contribution in [0.25, 0.3) is 11.3 Å². The Hall–Kier alpha value is -5.08. The Kier molecular flexibility index (Phi) is 9.85. The summed E-state index contributed by atoms with van der Waals surface area (Å²) < 4.78 is 22.0. The minimum absolute atomic E-state index is 0.137. The van der Waals surface area contributed by atoms with Gasteiger partial charge in [0.2, 0.25) is 0 Å². The number of hydrogen-bond donors (Lipinski definition) is 4. The number of nitrogens with zero attached hydrogens (tertiary/aromatic N) is 2. The third-order valence-electron chi connectivity index (χ3n) is 6.14. The number of allylic oxidation sites excluding steroid dienone is 1. The number of rotatable bonds is 12. The van der Waals surface area contributed by atoms with E-state index < -0.39 is 29.2 Å². The lowest BCUT2D eigenvalue weighted by atomic mass is 9.95. The smallest absolute Gasteiger partial charge is 0.337 e. The number of nitrogens with one attached hydrogen (secondary N) is 3. The summed E-state index contributed by atoms with van der Waals surface area (Å²) in [6, 6.07) is 10.9. The van der Waals surface area contributed by atoms with Crippen molar-refractivity contribution in [2.75, 3.05) is 20.3 Å². The number of benzene rings is 2. The van der Waals surface area contributed by atoms with Gasteiger partial charge in [0.05, 0.1) is 41.5 Å². The lowest BCUT2D eigenvalue weighted by molar-refractivity contribution is -0.384. The Balaban J connectivity index is 1.39. The Morgan fingerprint density at radius 2 is 2.02 bits per heavy atom. The minimum atomic E-state index is -1.22. The van der Waals surface area contributed by atoms with Gasteiger partial charge in [0, 0.05) is 23.4 Å². The van der Waals surface area contributed by atoms with Gasteiger partial charge in [-0.2, -0.15) is 5.10 Å². The van der Waals surface area contributed by atoms with Crippen LogP contribution in [0.2, 0.25) is 5.02 Å². The fraction of sp³-hybridized carbons (Fsp3) is 0.250. The van der Waals surface area contributed by atoms with E-state index in [1.165, 1.54) is 31.5 Å². The summed E-state index contributed by atoms with van der Waals surface area (Å²) in [5.74, 6) is 0.763. The monoisotopic (exact) mass is 613 g/mol. The van der Waals surface area contributed by atoms with Gasteiger partial charge in [-0.15, -0.1) is 0 Å². The van der Waals surface area contributed by atoms with Gasteiger partial charge in [-0.3, -0.25) is 15.5 Å². The summed E-state index contributed by atoms with van der Waals surface area (Å²) in [7, 11) is 1.26. The number of hydrogen-bond acceptors (Lipinski definition) is 11.